The van der Waals surface area contributed by atoms with Crippen molar-refractivity contribution in [1.82, 2.24) is 0 Å². The second-order valence-electron chi connectivity index (χ2n) is 5.57. The Balaban J connectivity index is 1.67. The van der Waals surface area contributed by atoms with Gasteiger partial charge in [0, 0.05) is 22.8 Å². The number of ether oxygens (including phenoxy) is 1. The van der Waals surface area contributed by atoms with Crippen molar-refractivity contribution in [3.05, 3.63) is 59.2 Å². The maximum Gasteiger partial charge on any atom is 0.255 e. The molecule has 3 rings (SSSR count). The molecule has 114 valence electrons. The van der Waals surface area contributed by atoms with Crippen LogP contribution in [-0.4, -0.2) is 23.5 Å². The number of amides is 1. The minimum absolute atomic E-state index is 0.0785. The van der Waals surface area contributed by atoms with Gasteiger partial charge in [0.05, 0.1) is 0 Å². The molecule has 2 aromatic carbocycles. The molecule has 0 atom stereocenters. The van der Waals surface area contributed by atoms with Crippen LogP contribution < -0.4 is 10.1 Å². The van der Waals surface area contributed by atoms with Gasteiger partial charge in [-0.2, -0.15) is 11.8 Å². The number of carbonyl (C=O) groups is 1. The molecule has 0 bridgehead atoms. The summed E-state index contributed by atoms with van der Waals surface area (Å²) in [4.78, 5) is 12.4. The molecule has 1 amide bonds. The number of aryl methyl sites for hydroxylation is 2. The first kappa shape index (κ1) is 15.0. The van der Waals surface area contributed by atoms with E-state index < -0.39 is 0 Å². The molecule has 1 heterocycles. The second kappa shape index (κ2) is 6.44. The Morgan fingerprint density at radius 1 is 1.14 bits per heavy atom. The number of thioether (sulfide) groups is 1. The zero-order valence-electron chi connectivity index (χ0n) is 12.8. The van der Waals surface area contributed by atoms with Crippen molar-refractivity contribution in [3.63, 3.8) is 0 Å². The summed E-state index contributed by atoms with van der Waals surface area (Å²) < 4.78 is 5.80. The van der Waals surface area contributed by atoms with Crippen LogP contribution in [0.4, 0.5) is 5.69 Å². The van der Waals surface area contributed by atoms with Crippen molar-refractivity contribution in [3.8, 4) is 5.75 Å². The van der Waals surface area contributed by atoms with E-state index in [-0.39, 0.29) is 5.91 Å². The van der Waals surface area contributed by atoms with Crippen LogP contribution in [0, 0.1) is 13.8 Å². The minimum atomic E-state index is -0.0785. The van der Waals surface area contributed by atoms with Crippen molar-refractivity contribution in [1.29, 1.82) is 0 Å². The number of rotatable bonds is 4. The topological polar surface area (TPSA) is 38.3 Å². The van der Waals surface area contributed by atoms with Crippen LogP contribution in [0.2, 0.25) is 0 Å². The van der Waals surface area contributed by atoms with Gasteiger partial charge in [-0.05, 0) is 49.7 Å². The monoisotopic (exact) mass is 313 g/mol. The van der Waals surface area contributed by atoms with Gasteiger partial charge in [0.25, 0.3) is 5.91 Å². The number of benzene rings is 2. The summed E-state index contributed by atoms with van der Waals surface area (Å²) in [5.41, 5.74) is 3.55. The molecule has 2 aromatic rings. The molecule has 0 aromatic heterocycles. The number of anilines is 1. The van der Waals surface area contributed by atoms with Gasteiger partial charge in [0.15, 0.2) is 0 Å². The Labute approximate surface area is 135 Å². The fourth-order valence-corrected chi connectivity index (χ4v) is 2.83. The van der Waals surface area contributed by atoms with Crippen LogP contribution in [0.3, 0.4) is 0 Å². The molecule has 0 spiro atoms. The van der Waals surface area contributed by atoms with Gasteiger partial charge in [-0.3, -0.25) is 4.79 Å². The van der Waals surface area contributed by atoms with Gasteiger partial charge in [-0.15, -0.1) is 0 Å². The number of hydrogen-bond acceptors (Lipinski definition) is 3. The molecule has 1 fully saturated rings. The van der Waals surface area contributed by atoms with E-state index in [4.69, 9.17) is 4.74 Å². The zero-order chi connectivity index (χ0) is 15.5. The lowest BCUT2D eigenvalue weighted by molar-refractivity contribution is 0.102. The SMILES string of the molecule is Cc1ccc(C)c(C(=O)Nc2ccc(OC3CSC3)cc2)c1. The Hall–Kier alpha value is -1.94. The number of carbonyl (C=O) groups excluding carboxylic acids is 1. The van der Waals surface area contributed by atoms with E-state index in [0.29, 0.717) is 11.7 Å². The molecule has 1 aliphatic rings. The fourth-order valence-electron chi connectivity index (χ4n) is 2.27. The van der Waals surface area contributed by atoms with Gasteiger partial charge in [-0.1, -0.05) is 17.7 Å². The largest absolute Gasteiger partial charge is 0.489 e. The normalized spacial score (nSPS) is 14.3. The molecular formula is C18H19NO2S. The lowest BCUT2D eigenvalue weighted by Gasteiger charge is -2.25. The predicted molar refractivity (Wildman–Crippen MR) is 92.1 cm³/mol. The summed E-state index contributed by atoms with van der Waals surface area (Å²) in [6.07, 6.45) is 0.334. The summed E-state index contributed by atoms with van der Waals surface area (Å²) in [6.45, 7) is 3.93. The lowest BCUT2D eigenvalue weighted by atomic mass is 10.1. The summed E-state index contributed by atoms with van der Waals surface area (Å²) >= 11 is 1.89. The summed E-state index contributed by atoms with van der Waals surface area (Å²) in [7, 11) is 0. The van der Waals surface area contributed by atoms with Crippen molar-refractivity contribution in [2.24, 2.45) is 0 Å². The Kier molecular flexibility index (Phi) is 4.39. The molecule has 0 unspecified atom stereocenters. The first-order chi connectivity index (χ1) is 10.6. The highest BCUT2D eigenvalue weighted by molar-refractivity contribution is 8.00. The van der Waals surface area contributed by atoms with Gasteiger partial charge in [-0.25, -0.2) is 0 Å². The average molecular weight is 313 g/mol. The quantitative estimate of drug-likeness (QED) is 0.925. The number of hydrogen-bond donors (Lipinski definition) is 1. The molecule has 1 N–H and O–H groups in total. The van der Waals surface area contributed by atoms with Crippen LogP contribution in [0.15, 0.2) is 42.5 Å². The Morgan fingerprint density at radius 3 is 2.50 bits per heavy atom. The van der Waals surface area contributed by atoms with Crippen LogP contribution in [0.25, 0.3) is 0 Å². The van der Waals surface area contributed by atoms with Crippen LogP contribution in [0.5, 0.6) is 5.75 Å². The molecule has 3 nitrogen and oxygen atoms in total. The second-order valence-corrected chi connectivity index (χ2v) is 6.65. The first-order valence-electron chi connectivity index (χ1n) is 7.35. The van der Waals surface area contributed by atoms with Crippen molar-refractivity contribution in [2.45, 2.75) is 20.0 Å². The standard InChI is InChI=1S/C18H19NO2S/c1-12-3-4-13(2)17(9-12)18(20)19-14-5-7-15(8-6-14)21-16-10-22-11-16/h3-9,16H,10-11H2,1-2H3,(H,19,20). The highest BCUT2D eigenvalue weighted by Gasteiger charge is 2.19. The maximum atomic E-state index is 12.4. The molecule has 0 saturated carbocycles. The van der Waals surface area contributed by atoms with E-state index >= 15 is 0 Å². The minimum Gasteiger partial charge on any atom is -0.489 e. The van der Waals surface area contributed by atoms with E-state index in [2.05, 4.69) is 5.32 Å². The van der Waals surface area contributed by atoms with Crippen molar-refractivity contribution < 1.29 is 9.53 Å². The van der Waals surface area contributed by atoms with Crippen molar-refractivity contribution >= 4 is 23.4 Å². The van der Waals surface area contributed by atoms with E-state index in [1.807, 2.05) is 68.1 Å². The zero-order valence-corrected chi connectivity index (χ0v) is 13.6. The average Bonchev–Trinajstić information content (AvgIpc) is 2.47. The van der Waals surface area contributed by atoms with Gasteiger partial charge in [0.2, 0.25) is 0 Å². The van der Waals surface area contributed by atoms with Gasteiger partial charge in [0.1, 0.15) is 11.9 Å². The molecule has 1 aliphatic heterocycles. The third kappa shape index (κ3) is 3.45. The third-order valence-corrected chi connectivity index (χ3v) is 4.88. The molecule has 0 aliphatic carbocycles. The van der Waals surface area contributed by atoms with Gasteiger partial charge >= 0.3 is 0 Å². The molecule has 22 heavy (non-hydrogen) atoms. The highest BCUT2D eigenvalue weighted by atomic mass is 32.2. The van der Waals surface area contributed by atoms with Gasteiger partial charge < -0.3 is 10.1 Å². The van der Waals surface area contributed by atoms with E-state index in [0.717, 1.165) is 34.1 Å². The van der Waals surface area contributed by atoms with Crippen LogP contribution >= 0.6 is 11.8 Å². The van der Waals surface area contributed by atoms with E-state index in [1.165, 1.54) is 0 Å². The van der Waals surface area contributed by atoms with E-state index in [1.54, 1.807) is 0 Å². The number of nitrogens with one attached hydrogen (secondary N) is 1. The van der Waals surface area contributed by atoms with Crippen molar-refractivity contribution in [2.75, 3.05) is 16.8 Å². The Bertz CT molecular complexity index is 678. The third-order valence-electron chi connectivity index (χ3n) is 3.66. The first-order valence-corrected chi connectivity index (χ1v) is 8.50. The Morgan fingerprint density at radius 2 is 1.86 bits per heavy atom. The maximum absolute atomic E-state index is 12.4. The molecule has 1 saturated heterocycles. The molecular weight excluding hydrogens is 294 g/mol. The summed E-state index contributed by atoms with van der Waals surface area (Å²) in [5, 5.41) is 2.94. The van der Waals surface area contributed by atoms with Crippen LogP contribution in [-0.2, 0) is 0 Å². The fraction of sp³-hybridized carbons (Fsp3) is 0.278. The molecule has 0 radical (unpaired) electrons. The predicted octanol–water partition coefficient (Wildman–Crippen LogP) is 4.05. The smallest absolute Gasteiger partial charge is 0.255 e. The lowest BCUT2D eigenvalue weighted by Crippen LogP contribution is -2.30. The van der Waals surface area contributed by atoms with Crippen LogP contribution in [0.1, 0.15) is 21.5 Å². The summed E-state index contributed by atoms with van der Waals surface area (Å²) in [5.74, 6) is 2.90. The van der Waals surface area contributed by atoms with E-state index in [9.17, 15) is 4.79 Å². The molecule has 4 heteroatoms. The highest BCUT2D eigenvalue weighted by Crippen LogP contribution is 2.25. The summed E-state index contributed by atoms with van der Waals surface area (Å²) in [6, 6.07) is 13.5.